The van der Waals surface area contributed by atoms with E-state index in [2.05, 4.69) is 10.0 Å². The zero-order valence-corrected chi connectivity index (χ0v) is 16.4. The highest BCUT2D eigenvalue weighted by atomic mass is 35.5. The fraction of sp³-hybridized carbons (Fsp3) is 0. The van der Waals surface area contributed by atoms with E-state index in [0.717, 1.165) is 24.3 Å². The number of carbonyl (C=O) groups is 1. The van der Waals surface area contributed by atoms with Crippen LogP contribution in [0.25, 0.3) is 0 Å². The van der Waals surface area contributed by atoms with Crippen LogP contribution in [0.2, 0.25) is 10.0 Å². The van der Waals surface area contributed by atoms with Crippen molar-refractivity contribution >= 4 is 50.5 Å². The maximum Gasteiger partial charge on any atom is 0.261 e. The molecule has 3 aromatic carbocycles. The van der Waals surface area contributed by atoms with Crippen LogP contribution >= 0.6 is 23.2 Å². The summed E-state index contributed by atoms with van der Waals surface area (Å²) < 4.78 is 40.3. The predicted octanol–water partition coefficient (Wildman–Crippen LogP) is 5.19. The molecule has 0 aromatic heterocycles. The van der Waals surface area contributed by atoms with E-state index in [0.29, 0.717) is 10.7 Å². The van der Waals surface area contributed by atoms with Gasteiger partial charge in [-0.3, -0.25) is 9.52 Å². The van der Waals surface area contributed by atoms with Crippen LogP contribution in [0.3, 0.4) is 0 Å². The summed E-state index contributed by atoms with van der Waals surface area (Å²) in [7, 11) is -4.01. The topological polar surface area (TPSA) is 75.3 Å². The highest BCUT2D eigenvalue weighted by Crippen LogP contribution is 2.26. The van der Waals surface area contributed by atoms with Crippen molar-refractivity contribution in [3.63, 3.8) is 0 Å². The molecule has 0 radical (unpaired) electrons. The molecule has 2 N–H and O–H groups in total. The summed E-state index contributed by atoms with van der Waals surface area (Å²) in [5.41, 5.74) is 0.687. The molecule has 144 valence electrons. The molecule has 9 heteroatoms. The number of sulfonamides is 1. The molecular formula is C19H13Cl2FN2O3S. The third-order valence-corrected chi connectivity index (χ3v) is 5.63. The Morgan fingerprint density at radius 1 is 0.929 bits per heavy atom. The van der Waals surface area contributed by atoms with Gasteiger partial charge in [0.25, 0.3) is 15.9 Å². The fourth-order valence-corrected chi connectivity index (χ4v) is 3.81. The highest BCUT2D eigenvalue weighted by Gasteiger charge is 2.17. The molecule has 0 heterocycles. The van der Waals surface area contributed by atoms with Crippen LogP contribution in [-0.2, 0) is 10.0 Å². The van der Waals surface area contributed by atoms with Crippen LogP contribution in [-0.4, -0.2) is 14.3 Å². The number of hydrogen-bond donors (Lipinski definition) is 2. The number of rotatable bonds is 5. The van der Waals surface area contributed by atoms with Gasteiger partial charge in [-0.25, -0.2) is 12.8 Å². The van der Waals surface area contributed by atoms with Crippen molar-refractivity contribution in [1.82, 2.24) is 0 Å². The third kappa shape index (κ3) is 4.81. The summed E-state index contributed by atoms with van der Waals surface area (Å²) in [6.45, 7) is 0. The Balaban J connectivity index is 1.85. The van der Waals surface area contributed by atoms with E-state index < -0.39 is 21.7 Å². The molecule has 1 amide bonds. The van der Waals surface area contributed by atoms with Gasteiger partial charge in [0.2, 0.25) is 0 Å². The van der Waals surface area contributed by atoms with E-state index in [1.165, 1.54) is 18.2 Å². The molecule has 28 heavy (non-hydrogen) atoms. The molecule has 5 nitrogen and oxygen atoms in total. The zero-order valence-electron chi connectivity index (χ0n) is 14.1. The molecule has 0 saturated carbocycles. The first-order valence-electron chi connectivity index (χ1n) is 7.89. The van der Waals surface area contributed by atoms with Crippen molar-refractivity contribution in [2.24, 2.45) is 0 Å². The lowest BCUT2D eigenvalue weighted by atomic mass is 10.2. The average Bonchev–Trinajstić information content (AvgIpc) is 2.63. The van der Waals surface area contributed by atoms with E-state index in [9.17, 15) is 17.6 Å². The fourth-order valence-electron chi connectivity index (χ4n) is 2.33. The molecule has 0 saturated heterocycles. The van der Waals surface area contributed by atoms with Gasteiger partial charge in [0.1, 0.15) is 5.82 Å². The Bertz CT molecular complexity index is 1140. The van der Waals surface area contributed by atoms with Crippen molar-refractivity contribution < 1.29 is 17.6 Å². The van der Waals surface area contributed by atoms with Crippen LogP contribution in [0.5, 0.6) is 0 Å². The molecule has 0 atom stereocenters. The van der Waals surface area contributed by atoms with Gasteiger partial charge in [-0.15, -0.1) is 0 Å². The lowest BCUT2D eigenvalue weighted by Crippen LogP contribution is -2.15. The normalized spacial score (nSPS) is 11.1. The maximum atomic E-state index is 13.0. The second-order valence-electron chi connectivity index (χ2n) is 5.72. The van der Waals surface area contributed by atoms with Gasteiger partial charge in [-0.05, 0) is 60.7 Å². The first kappa shape index (κ1) is 20.1. The average molecular weight is 439 g/mol. The van der Waals surface area contributed by atoms with Crippen LogP contribution < -0.4 is 10.0 Å². The molecule has 0 bridgehead atoms. The van der Waals surface area contributed by atoms with Crippen LogP contribution in [0.15, 0.2) is 71.6 Å². The molecule has 0 fully saturated rings. The Morgan fingerprint density at radius 2 is 1.64 bits per heavy atom. The number of nitrogens with one attached hydrogen (secondary N) is 2. The Hall–Kier alpha value is -2.61. The van der Waals surface area contributed by atoms with Gasteiger partial charge in [0.15, 0.2) is 0 Å². The van der Waals surface area contributed by atoms with Crippen LogP contribution in [0.4, 0.5) is 15.8 Å². The molecule has 0 unspecified atom stereocenters. The quantitative estimate of drug-likeness (QED) is 0.575. The number of benzene rings is 3. The van der Waals surface area contributed by atoms with E-state index >= 15 is 0 Å². The molecule has 0 spiro atoms. The SMILES string of the molecule is O=C(Nc1cccc(Cl)c1)c1ccc(Cl)c(NS(=O)(=O)c2ccc(F)cc2)c1. The number of hydrogen-bond acceptors (Lipinski definition) is 3. The number of carbonyl (C=O) groups excluding carboxylic acids is 1. The third-order valence-electron chi connectivity index (χ3n) is 3.68. The molecule has 3 aromatic rings. The second-order valence-corrected chi connectivity index (χ2v) is 8.24. The number of halogens is 3. The van der Waals surface area contributed by atoms with Crippen molar-refractivity contribution in [1.29, 1.82) is 0 Å². The minimum Gasteiger partial charge on any atom is -0.322 e. The highest BCUT2D eigenvalue weighted by molar-refractivity contribution is 7.92. The largest absolute Gasteiger partial charge is 0.322 e. The molecule has 3 rings (SSSR count). The monoisotopic (exact) mass is 438 g/mol. The Kier molecular flexibility index (Phi) is 5.88. The Morgan fingerprint density at radius 3 is 2.32 bits per heavy atom. The van der Waals surface area contributed by atoms with E-state index in [4.69, 9.17) is 23.2 Å². The van der Waals surface area contributed by atoms with Crippen molar-refractivity contribution in [2.45, 2.75) is 4.90 Å². The minimum atomic E-state index is -4.01. The van der Waals surface area contributed by atoms with E-state index in [-0.39, 0.29) is 21.2 Å². The summed E-state index contributed by atoms with van der Waals surface area (Å²) in [4.78, 5) is 12.3. The minimum absolute atomic E-state index is 0.0183. The lowest BCUT2D eigenvalue weighted by molar-refractivity contribution is 0.102. The zero-order chi connectivity index (χ0) is 20.3. The molecule has 0 aliphatic carbocycles. The van der Waals surface area contributed by atoms with Gasteiger partial charge < -0.3 is 5.32 Å². The van der Waals surface area contributed by atoms with Crippen molar-refractivity contribution in [2.75, 3.05) is 10.0 Å². The molecular weight excluding hydrogens is 426 g/mol. The van der Waals surface area contributed by atoms with Gasteiger partial charge in [0.05, 0.1) is 15.6 Å². The van der Waals surface area contributed by atoms with Crippen molar-refractivity contribution in [3.8, 4) is 0 Å². The van der Waals surface area contributed by atoms with Crippen LogP contribution in [0, 0.1) is 5.82 Å². The molecule has 0 aliphatic rings. The second kappa shape index (κ2) is 8.18. The van der Waals surface area contributed by atoms with Gasteiger partial charge in [-0.1, -0.05) is 29.3 Å². The summed E-state index contributed by atoms with van der Waals surface area (Å²) in [6, 6.07) is 15.1. The Labute approximate surface area is 171 Å². The van der Waals surface area contributed by atoms with Crippen molar-refractivity contribution in [3.05, 3.63) is 88.2 Å². The number of anilines is 2. The standard InChI is InChI=1S/C19H13Cl2FN2O3S/c20-13-2-1-3-15(11-13)23-19(25)12-4-9-17(21)18(10-12)24-28(26,27)16-7-5-14(22)6-8-16/h1-11,24H,(H,23,25). The van der Waals surface area contributed by atoms with Gasteiger partial charge in [-0.2, -0.15) is 0 Å². The van der Waals surface area contributed by atoms with Gasteiger partial charge >= 0.3 is 0 Å². The first-order chi connectivity index (χ1) is 13.2. The summed E-state index contributed by atoms with van der Waals surface area (Å²) in [6.07, 6.45) is 0. The van der Waals surface area contributed by atoms with Crippen LogP contribution in [0.1, 0.15) is 10.4 Å². The first-order valence-corrected chi connectivity index (χ1v) is 10.1. The maximum absolute atomic E-state index is 13.0. The summed E-state index contributed by atoms with van der Waals surface area (Å²) in [5, 5.41) is 3.22. The lowest BCUT2D eigenvalue weighted by Gasteiger charge is -2.12. The molecule has 0 aliphatic heterocycles. The summed E-state index contributed by atoms with van der Waals surface area (Å²) in [5.74, 6) is -1.03. The summed E-state index contributed by atoms with van der Waals surface area (Å²) >= 11 is 12.0. The van der Waals surface area contributed by atoms with E-state index in [1.807, 2.05) is 0 Å². The smallest absolute Gasteiger partial charge is 0.261 e. The number of amides is 1. The predicted molar refractivity (Wildman–Crippen MR) is 108 cm³/mol. The van der Waals surface area contributed by atoms with E-state index in [1.54, 1.807) is 24.3 Å². The van der Waals surface area contributed by atoms with Gasteiger partial charge in [0, 0.05) is 16.3 Å².